The van der Waals surface area contributed by atoms with Crippen LogP contribution >= 0.6 is 11.6 Å². The third kappa shape index (κ3) is 3.15. The SMILES string of the molecule is COc1ccc(NC(=O)C2CCCCN2)c(Cl)c1. The number of rotatable bonds is 3. The predicted octanol–water partition coefficient (Wildman–Crippen LogP) is 2.43. The van der Waals surface area contributed by atoms with Crippen molar-refractivity contribution >= 4 is 23.2 Å². The van der Waals surface area contributed by atoms with Gasteiger partial charge < -0.3 is 15.4 Å². The minimum atomic E-state index is -0.114. The summed E-state index contributed by atoms with van der Waals surface area (Å²) in [6.45, 7) is 0.897. The molecule has 0 aromatic heterocycles. The van der Waals surface area contributed by atoms with Gasteiger partial charge in [0.05, 0.1) is 23.9 Å². The quantitative estimate of drug-likeness (QED) is 0.885. The van der Waals surface area contributed by atoms with Crippen molar-refractivity contribution < 1.29 is 9.53 Å². The number of hydrogen-bond donors (Lipinski definition) is 2. The van der Waals surface area contributed by atoms with E-state index in [1.807, 2.05) is 0 Å². The molecule has 2 rings (SSSR count). The maximum Gasteiger partial charge on any atom is 0.241 e. The molecule has 0 spiro atoms. The van der Waals surface area contributed by atoms with Crippen LogP contribution in [0, 0.1) is 0 Å². The van der Waals surface area contributed by atoms with Crippen LogP contribution in [0.2, 0.25) is 5.02 Å². The summed E-state index contributed by atoms with van der Waals surface area (Å²) in [6, 6.07) is 5.10. The lowest BCUT2D eigenvalue weighted by Gasteiger charge is -2.22. The molecule has 0 saturated carbocycles. The van der Waals surface area contributed by atoms with Crippen molar-refractivity contribution in [2.24, 2.45) is 0 Å². The Morgan fingerprint density at radius 3 is 2.94 bits per heavy atom. The van der Waals surface area contributed by atoms with Gasteiger partial charge in [0.1, 0.15) is 5.75 Å². The van der Waals surface area contributed by atoms with E-state index in [-0.39, 0.29) is 11.9 Å². The second-order valence-corrected chi connectivity index (χ2v) is 4.74. The lowest BCUT2D eigenvalue weighted by Crippen LogP contribution is -2.43. The molecule has 1 saturated heterocycles. The first kappa shape index (κ1) is 13.2. The van der Waals surface area contributed by atoms with Gasteiger partial charge in [-0.25, -0.2) is 0 Å². The van der Waals surface area contributed by atoms with Crippen LogP contribution < -0.4 is 15.4 Å². The molecule has 0 bridgehead atoms. The molecule has 1 aliphatic heterocycles. The monoisotopic (exact) mass is 268 g/mol. The molecular formula is C13H17ClN2O2. The molecule has 5 heteroatoms. The minimum Gasteiger partial charge on any atom is -0.497 e. The van der Waals surface area contributed by atoms with Crippen molar-refractivity contribution in [3.63, 3.8) is 0 Å². The fraction of sp³-hybridized carbons (Fsp3) is 0.462. The molecule has 4 nitrogen and oxygen atoms in total. The van der Waals surface area contributed by atoms with Gasteiger partial charge in [0.2, 0.25) is 5.91 Å². The molecule has 2 N–H and O–H groups in total. The van der Waals surface area contributed by atoms with Crippen LogP contribution in [0.1, 0.15) is 19.3 Å². The van der Waals surface area contributed by atoms with Crippen LogP contribution in [-0.4, -0.2) is 25.6 Å². The number of piperidine rings is 1. The first-order valence-electron chi connectivity index (χ1n) is 6.08. The van der Waals surface area contributed by atoms with E-state index in [0.717, 1.165) is 25.8 Å². The summed E-state index contributed by atoms with van der Waals surface area (Å²) in [4.78, 5) is 12.0. The van der Waals surface area contributed by atoms with Crippen LogP contribution in [-0.2, 0) is 4.79 Å². The Bertz CT molecular complexity index is 431. The van der Waals surface area contributed by atoms with Crippen molar-refractivity contribution in [3.8, 4) is 5.75 Å². The molecule has 98 valence electrons. The Labute approximate surface area is 112 Å². The second kappa shape index (κ2) is 6.07. The largest absolute Gasteiger partial charge is 0.497 e. The Hall–Kier alpha value is -1.26. The summed E-state index contributed by atoms with van der Waals surface area (Å²) in [7, 11) is 1.58. The Balaban J connectivity index is 2.02. The highest BCUT2D eigenvalue weighted by atomic mass is 35.5. The van der Waals surface area contributed by atoms with E-state index in [0.29, 0.717) is 16.5 Å². The summed E-state index contributed by atoms with van der Waals surface area (Å²) in [6.07, 6.45) is 3.09. The molecule has 1 aromatic rings. The van der Waals surface area contributed by atoms with Gasteiger partial charge in [-0.15, -0.1) is 0 Å². The molecule has 1 fully saturated rings. The molecule has 0 aliphatic carbocycles. The third-order valence-corrected chi connectivity index (χ3v) is 3.37. The van der Waals surface area contributed by atoms with Crippen molar-refractivity contribution in [1.82, 2.24) is 5.32 Å². The normalized spacial score (nSPS) is 19.3. The number of benzene rings is 1. The molecule has 18 heavy (non-hydrogen) atoms. The van der Waals surface area contributed by atoms with E-state index in [9.17, 15) is 4.79 Å². The Morgan fingerprint density at radius 2 is 2.33 bits per heavy atom. The lowest BCUT2D eigenvalue weighted by atomic mass is 10.0. The first-order chi connectivity index (χ1) is 8.70. The zero-order chi connectivity index (χ0) is 13.0. The molecule has 1 heterocycles. The van der Waals surface area contributed by atoms with E-state index in [4.69, 9.17) is 16.3 Å². The summed E-state index contributed by atoms with van der Waals surface area (Å²) >= 11 is 6.08. The summed E-state index contributed by atoms with van der Waals surface area (Å²) in [5, 5.41) is 6.53. The molecule has 1 aromatic carbocycles. The molecule has 1 aliphatic rings. The molecular weight excluding hydrogens is 252 g/mol. The van der Waals surface area contributed by atoms with E-state index < -0.39 is 0 Å². The van der Waals surface area contributed by atoms with Gasteiger partial charge in [0, 0.05) is 6.07 Å². The number of hydrogen-bond acceptors (Lipinski definition) is 3. The van der Waals surface area contributed by atoms with E-state index in [2.05, 4.69) is 10.6 Å². The van der Waals surface area contributed by atoms with Crippen LogP contribution in [0.3, 0.4) is 0 Å². The van der Waals surface area contributed by atoms with Gasteiger partial charge in [-0.05, 0) is 31.5 Å². The van der Waals surface area contributed by atoms with Gasteiger partial charge in [0.15, 0.2) is 0 Å². The maximum atomic E-state index is 12.0. The summed E-state index contributed by atoms with van der Waals surface area (Å²) in [5.41, 5.74) is 0.620. The highest BCUT2D eigenvalue weighted by molar-refractivity contribution is 6.33. The van der Waals surface area contributed by atoms with Crippen LogP contribution in [0.15, 0.2) is 18.2 Å². The number of nitrogens with one attached hydrogen (secondary N) is 2. The predicted molar refractivity (Wildman–Crippen MR) is 72.3 cm³/mol. The van der Waals surface area contributed by atoms with Crippen molar-refractivity contribution in [3.05, 3.63) is 23.2 Å². The number of carbonyl (C=O) groups is 1. The van der Waals surface area contributed by atoms with E-state index in [1.165, 1.54) is 0 Å². The fourth-order valence-electron chi connectivity index (χ4n) is 2.02. The zero-order valence-corrected chi connectivity index (χ0v) is 11.1. The van der Waals surface area contributed by atoms with Gasteiger partial charge in [-0.1, -0.05) is 18.0 Å². The van der Waals surface area contributed by atoms with Crippen LogP contribution in [0.25, 0.3) is 0 Å². The lowest BCUT2D eigenvalue weighted by molar-refractivity contribution is -0.118. The van der Waals surface area contributed by atoms with Gasteiger partial charge in [0.25, 0.3) is 0 Å². The maximum absolute atomic E-state index is 12.0. The minimum absolute atomic E-state index is 0.0261. The molecule has 1 atom stereocenters. The average molecular weight is 269 g/mol. The van der Waals surface area contributed by atoms with Crippen molar-refractivity contribution in [2.45, 2.75) is 25.3 Å². The second-order valence-electron chi connectivity index (χ2n) is 4.34. The number of anilines is 1. The van der Waals surface area contributed by atoms with Gasteiger partial charge in [-0.3, -0.25) is 4.79 Å². The highest BCUT2D eigenvalue weighted by Crippen LogP contribution is 2.26. The third-order valence-electron chi connectivity index (χ3n) is 3.06. The van der Waals surface area contributed by atoms with Crippen molar-refractivity contribution in [1.29, 1.82) is 0 Å². The topological polar surface area (TPSA) is 50.4 Å². The number of carbonyl (C=O) groups excluding carboxylic acids is 1. The number of methoxy groups -OCH3 is 1. The van der Waals surface area contributed by atoms with E-state index >= 15 is 0 Å². The first-order valence-corrected chi connectivity index (χ1v) is 6.46. The standard InChI is InChI=1S/C13H17ClN2O2/c1-18-9-5-6-11(10(14)8-9)16-13(17)12-4-2-3-7-15-12/h5-6,8,12,15H,2-4,7H2,1H3,(H,16,17). The molecule has 0 radical (unpaired) electrons. The van der Waals surface area contributed by atoms with Crippen LogP contribution in [0.5, 0.6) is 5.75 Å². The average Bonchev–Trinajstić information content (AvgIpc) is 2.42. The molecule has 1 unspecified atom stereocenters. The highest BCUT2D eigenvalue weighted by Gasteiger charge is 2.21. The van der Waals surface area contributed by atoms with Crippen molar-refractivity contribution in [2.75, 3.05) is 19.0 Å². The van der Waals surface area contributed by atoms with E-state index in [1.54, 1.807) is 25.3 Å². The fourth-order valence-corrected chi connectivity index (χ4v) is 2.24. The smallest absolute Gasteiger partial charge is 0.241 e. The van der Waals surface area contributed by atoms with Gasteiger partial charge >= 0.3 is 0 Å². The zero-order valence-electron chi connectivity index (χ0n) is 10.3. The number of amides is 1. The molecule has 1 amide bonds. The van der Waals surface area contributed by atoms with Gasteiger partial charge in [-0.2, -0.15) is 0 Å². The Morgan fingerprint density at radius 1 is 1.50 bits per heavy atom. The Kier molecular flexibility index (Phi) is 4.44. The number of halogens is 1. The van der Waals surface area contributed by atoms with Crippen LogP contribution in [0.4, 0.5) is 5.69 Å². The summed E-state index contributed by atoms with van der Waals surface area (Å²) < 4.78 is 5.06. The number of ether oxygens (including phenoxy) is 1. The summed E-state index contributed by atoms with van der Waals surface area (Å²) in [5.74, 6) is 0.649.